The third-order valence-corrected chi connectivity index (χ3v) is 5.44. The van der Waals surface area contributed by atoms with Crippen molar-refractivity contribution in [2.24, 2.45) is 5.73 Å². The van der Waals surface area contributed by atoms with Gasteiger partial charge in [0.05, 0.1) is 17.0 Å². The Morgan fingerprint density at radius 3 is 2.04 bits per heavy atom. The number of carbonyl (C=O) groups is 1. The lowest BCUT2D eigenvalue weighted by atomic mass is 10.2. The molecule has 2 rings (SSSR count). The van der Waals surface area contributed by atoms with E-state index in [9.17, 15) is 26.4 Å². The van der Waals surface area contributed by atoms with Crippen LogP contribution in [0.4, 0.5) is 13.2 Å². The maximum absolute atomic E-state index is 12.5. The second kappa shape index (κ2) is 6.46. The van der Waals surface area contributed by atoms with Crippen molar-refractivity contribution in [1.29, 1.82) is 0 Å². The van der Waals surface area contributed by atoms with Gasteiger partial charge < -0.3 is 5.73 Å². The van der Waals surface area contributed by atoms with Crippen molar-refractivity contribution in [3.8, 4) is 0 Å². The second-order valence-electron chi connectivity index (χ2n) is 5.17. The Kier molecular flexibility index (Phi) is 4.97. The molecule has 1 saturated heterocycles. The summed E-state index contributed by atoms with van der Waals surface area (Å²) < 4.78 is 63.6. The molecule has 0 bridgehead atoms. The van der Waals surface area contributed by atoms with E-state index in [2.05, 4.69) is 0 Å². The molecule has 0 radical (unpaired) electrons. The smallest absolute Gasteiger partial charge is 0.369 e. The number of nitrogens with zero attached hydrogens (tertiary/aromatic N) is 2. The molecule has 1 aliphatic heterocycles. The molecule has 10 heteroatoms. The van der Waals surface area contributed by atoms with Gasteiger partial charge in [0.15, 0.2) is 0 Å². The minimum absolute atomic E-state index is 0.0498. The molecule has 1 aromatic rings. The lowest BCUT2D eigenvalue weighted by Crippen LogP contribution is -2.50. The molecule has 0 unspecified atom stereocenters. The molecule has 1 amide bonds. The number of benzene rings is 1. The average Bonchev–Trinajstić information content (AvgIpc) is 2.46. The summed E-state index contributed by atoms with van der Waals surface area (Å²) in [5.74, 6) is -0.496. The predicted octanol–water partition coefficient (Wildman–Crippen LogP) is 0.497. The number of carbonyl (C=O) groups excluding carboxylic acids is 1. The molecule has 0 spiro atoms. The normalized spacial score (nSPS) is 18.0. The fraction of sp³-hybridized carbons (Fsp3) is 0.462. The zero-order valence-electron chi connectivity index (χ0n) is 12.1. The summed E-state index contributed by atoms with van der Waals surface area (Å²) in [5.41, 5.74) is 4.18. The Balaban J connectivity index is 2.09. The van der Waals surface area contributed by atoms with Crippen molar-refractivity contribution < 1.29 is 26.4 Å². The number of amides is 1. The van der Waals surface area contributed by atoms with Gasteiger partial charge >= 0.3 is 6.18 Å². The van der Waals surface area contributed by atoms with Crippen LogP contribution in [0.15, 0.2) is 29.2 Å². The average molecular weight is 351 g/mol. The summed E-state index contributed by atoms with van der Waals surface area (Å²) in [6.45, 7) is 1.02. The Bertz CT molecular complexity index is 666. The fourth-order valence-corrected chi connectivity index (χ4v) is 3.74. The summed E-state index contributed by atoms with van der Waals surface area (Å²) in [7, 11) is -3.85. The number of nitrogens with two attached hydrogens (primary N) is 1. The Labute approximate surface area is 131 Å². The second-order valence-corrected chi connectivity index (χ2v) is 7.11. The Morgan fingerprint density at radius 2 is 1.61 bits per heavy atom. The zero-order valence-corrected chi connectivity index (χ0v) is 12.9. The summed E-state index contributed by atoms with van der Waals surface area (Å²) >= 11 is 0. The van der Waals surface area contributed by atoms with Gasteiger partial charge in [-0.1, -0.05) is 0 Å². The highest BCUT2D eigenvalue weighted by Gasteiger charge is 2.32. The lowest BCUT2D eigenvalue weighted by Gasteiger charge is -2.33. The van der Waals surface area contributed by atoms with Gasteiger partial charge in [-0.15, -0.1) is 0 Å². The molecule has 1 heterocycles. The first-order chi connectivity index (χ1) is 10.6. The standard InChI is InChI=1S/C13H16F3N3O3S/c14-13(15,16)10-1-3-11(4-2-10)23(21,22)19-7-5-18(6-8-19)9-12(17)20/h1-4H,5-9H2,(H2,17,20). The topological polar surface area (TPSA) is 83.7 Å². The van der Waals surface area contributed by atoms with Crippen molar-refractivity contribution in [1.82, 2.24) is 9.21 Å². The maximum Gasteiger partial charge on any atom is 0.416 e. The highest BCUT2D eigenvalue weighted by atomic mass is 32.2. The number of alkyl halides is 3. The highest BCUT2D eigenvalue weighted by molar-refractivity contribution is 7.89. The lowest BCUT2D eigenvalue weighted by molar-refractivity contribution is -0.137. The molecular weight excluding hydrogens is 335 g/mol. The SMILES string of the molecule is NC(=O)CN1CCN(S(=O)(=O)c2ccc(C(F)(F)F)cc2)CC1. The van der Waals surface area contributed by atoms with Gasteiger partial charge in [-0.3, -0.25) is 9.69 Å². The zero-order chi connectivity index (χ0) is 17.3. The minimum atomic E-state index is -4.51. The highest BCUT2D eigenvalue weighted by Crippen LogP contribution is 2.30. The molecule has 1 fully saturated rings. The first kappa shape index (κ1) is 17.7. The minimum Gasteiger partial charge on any atom is -0.369 e. The van der Waals surface area contributed by atoms with Gasteiger partial charge in [-0.05, 0) is 24.3 Å². The van der Waals surface area contributed by atoms with Crippen molar-refractivity contribution >= 4 is 15.9 Å². The van der Waals surface area contributed by atoms with Gasteiger partial charge in [-0.25, -0.2) is 8.42 Å². The molecule has 23 heavy (non-hydrogen) atoms. The van der Waals surface area contributed by atoms with Crippen LogP contribution in [0.25, 0.3) is 0 Å². The fourth-order valence-electron chi connectivity index (χ4n) is 2.31. The van der Waals surface area contributed by atoms with Gasteiger partial charge in [0, 0.05) is 26.2 Å². The van der Waals surface area contributed by atoms with E-state index in [1.54, 1.807) is 4.90 Å². The Hall–Kier alpha value is -1.65. The number of rotatable bonds is 4. The van der Waals surface area contributed by atoms with Crippen molar-refractivity contribution in [3.63, 3.8) is 0 Å². The molecular formula is C13H16F3N3O3S. The molecule has 0 atom stereocenters. The molecule has 6 nitrogen and oxygen atoms in total. The first-order valence-electron chi connectivity index (χ1n) is 6.79. The van der Waals surface area contributed by atoms with E-state index in [4.69, 9.17) is 5.73 Å². The molecule has 128 valence electrons. The van der Waals surface area contributed by atoms with Gasteiger partial charge in [0.25, 0.3) is 0 Å². The van der Waals surface area contributed by atoms with Crippen LogP contribution in [0.3, 0.4) is 0 Å². The van der Waals surface area contributed by atoms with Crippen LogP contribution in [0.1, 0.15) is 5.56 Å². The van der Waals surface area contributed by atoms with Gasteiger partial charge in [-0.2, -0.15) is 17.5 Å². The third kappa shape index (κ3) is 4.21. The quantitative estimate of drug-likeness (QED) is 0.856. The molecule has 1 aromatic carbocycles. The van der Waals surface area contributed by atoms with E-state index in [0.717, 1.165) is 24.3 Å². The number of halogens is 3. The molecule has 0 saturated carbocycles. The molecule has 1 aliphatic rings. The van der Waals surface area contributed by atoms with Crippen molar-refractivity contribution in [3.05, 3.63) is 29.8 Å². The van der Waals surface area contributed by atoms with E-state index in [1.165, 1.54) is 4.31 Å². The largest absolute Gasteiger partial charge is 0.416 e. The number of sulfonamides is 1. The van der Waals surface area contributed by atoms with Crippen LogP contribution >= 0.6 is 0 Å². The van der Waals surface area contributed by atoms with Gasteiger partial charge in [0.1, 0.15) is 0 Å². The summed E-state index contributed by atoms with van der Waals surface area (Å²) in [5, 5.41) is 0. The number of hydrogen-bond acceptors (Lipinski definition) is 4. The summed E-state index contributed by atoms with van der Waals surface area (Å²) in [6, 6.07) is 3.40. The van der Waals surface area contributed by atoms with Crippen LogP contribution in [0.2, 0.25) is 0 Å². The van der Waals surface area contributed by atoms with Crippen molar-refractivity contribution in [2.75, 3.05) is 32.7 Å². The monoisotopic (exact) mass is 351 g/mol. The van der Waals surface area contributed by atoms with Crippen LogP contribution < -0.4 is 5.73 Å². The van der Waals surface area contributed by atoms with Gasteiger partial charge in [0.2, 0.25) is 15.9 Å². The number of piperazine rings is 1. The number of hydrogen-bond donors (Lipinski definition) is 1. The molecule has 2 N–H and O–H groups in total. The van der Waals surface area contributed by atoms with Crippen molar-refractivity contribution in [2.45, 2.75) is 11.1 Å². The van der Waals surface area contributed by atoms with E-state index in [1.807, 2.05) is 0 Å². The summed E-state index contributed by atoms with van der Waals surface area (Å²) in [6.07, 6.45) is -4.51. The van der Waals surface area contributed by atoms with E-state index < -0.39 is 27.7 Å². The van der Waals surface area contributed by atoms with E-state index in [-0.39, 0.29) is 24.5 Å². The third-order valence-electron chi connectivity index (χ3n) is 3.53. The molecule has 0 aliphatic carbocycles. The predicted molar refractivity (Wildman–Crippen MR) is 75.8 cm³/mol. The van der Waals surface area contributed by atoms with E-state index >= 15 is 0 Å². The van der Waals surface area contributed by atoms with Crippen LogP contribution in [0, 0.1) is 0 Å². The first-order valence-corrected chi connectivity index (χ1v) is 8.23. The van der Waals surface area contributed by atoms with Crippen LogP contribution in [0.5, 0.6) is 0 Å². The number of primary amides is 1. The summed E-state index contributed by atoms with van der Waals surface area (Å²) in [4.78, 5) is 12.4. The van der Waals surface area contributed by atoms with E-state index in [0.29, 0.717) is 13.1 Å². The molecule has 0 aromatic heterocycles. The van der Waals surface area contributed by atoms with Crippen LogP contribution in [-0.2, 0) is 21.0 Å². The maximum atomic E-state index is 12.5. The van der Waals surface area contributed by atoms with Crippen LogP contribution in [-0.4, -0.2) is 56.3 Å². The Morgan fingerprint density at radius 1 is 1.09 bits per heavy atom.